The normalized spacial score (nSPS) is 15.9. The molecule has 0 spiro atoms. The maximum atomic E-state index is 11.9. The Morgan fingerprint density at radius 1 is 1.20 bits per heavy atom. The molecule has 1 aliphatic carbocycles. The van der Waals surface area contributed by atoms with E-state index in [1.165, 1.54) is 19.3 Å². The van der Waals surface area contributed by atoms with Crippen molar-refractivity contribution in [1.29, 1.82) is 0 Å². The molecule has 0 saturated heterocycles. The van der Waals surface area contributed by atoms with Gasteiger partial charge in [-0.2, -0.15) is 0 Å². The van der Waals surface area contributed by atoms with Gasteiger partial charge in [-0.1, -0.05) is 19.3 Å². The number of nitrogens with zero attached hydrogens (tertiary/aromatic N) is 1. The largest absolute Gasteiger partial charge is 0.385 e. The highest BCUT2D eigenvalue weighted by Gasteiger charge is 2.16. The van der Waals surface area contributed by atoms with Gasteiger partial charge in [0.1, 0.15) is 0 Å². The minimum Gasteiger partial charge on any atom is -0.385 e. The van der Waals surface area contributed by atoms with Crippen LogP contribution in [-0.4, -0.2) is 49.6 Å². The van der Waals surface area contributed by atoms with Crippen molar-refractivity contribution in [1.82, 2.24) is 10.2 Å². The van der Waals surface area contributed by atoms with E-state index in [-0.39, 0.29) is 11.8 Å². The zero-order valence-corrected chi connectivity index (χ0v) is 12.8. The third-order valence-corrected chi connectivity index (χ3v) is 3.80. The van der Waals surface area contributed by atoms with E-state index in [0.717, 1.165) is 19.3 Å². The van der Waals surface area contributed by atoms with Gasteiger partial charge in [-0.3, -0.25) is 9.59 Å². The second-order valence-corrected chi connectivity index (χ2v) is 5.50. The number of nitrogens with one attached hydrogen (secondary N) is 1. The summed E-state index contributed by atoms with van der Waals surface area (Å²) in [5.74, 6) is 0.0847. The van der Waals surface area contributed by atoms with E-state index in [9.17, 15) is 9.59 Å². The first-order chi connectivity index (χ1) is 9.63. The predicted octanol–water partition coefficient (Wildman–Crippen LogP) is 1.71. The van der Waals surface area contributed by atoms with Crippen molar-refractivity contribution in [2.45, 2.75) is 57.9 Å². The van der Waals surface area contributed by atoms with Crippen LogP contribution in [0.25, 0.3) is 0 Å². The molecule has 1 saturated carbocycles. The second-order valence-electron chi connectivity index (χ2n) is 5.50. The Morgan fingerprint density at radius 3 is 2.50 bits per heavy atom. The molecule has 0 radical (unpaired) electrons. The third kappa shape index (κ3) is 6.89. The molecule has 0 aliphatic heterocycles. The van der Waals surface area contributed by atoms with E-state index in [1.807, 2.05) is 0 Å². The highest BCUT2D eigenvalue weighted by atomic mass is 16.5. The predicted molar refractivity (Wildman–Crippen MR) is 78.4 cm³/mol. The summed E-state index contributed by atoms with van der Waals surface area (Å²) in [6, 6.07) is 0.343. The summed E-state index contributed by atoms with van der Waals surface area (Å²) in [6.07, 6.45) is 7.09. The lowest BCUT2D eigenvalue weighted by Gasteiger charge is -2.24. The maximum Gasteiger partial charge on any atom is 0.221 e. The van der Waals surface area contributed by atoms with Gasteiger partial charge in [-0.25, -0.2) is 0 Å². The zero-order chi connectivity index (χ0) is 14.8. The van der Waals surface area contributed by atoms with Crippen LogP contribution in [0.1, 0.15) is 51.9 Å². The Labute approximate surface area is 122 Å². The molecule has 0 aromatic carbocycles. The van der Waals surface area contributed by atoms with E-state index in [4.69, 9.17) is 4.74 Å². The number of rotatable bonds is 8. The number of ether oxygens (including phenoxy) is 1. The first kappa shape index (κ1) is 17.0. The summed E-state index contributed by atoms with van der Waals surface area (Å²) >= 11 is 0. The molecule has 116 valence electrons. The molecule has 0 atom stereocenters. The molecule has 0 heterocycles. The van der Waals surface area contributed by atoms with Crippen molar-refractivity contribution in [3.63, 3.8) is 0 Å². The molecule has 1 fully saturated rings. The second kappa shape index (κ2) is 9.75. The molecule has 1 N–H and O–H groups in total. The summed E-state index contributed by atoms with van der Waals surface area (Å²) in [7, 11) is 1.65. The minimum absolute atomic E-state index is 0.0200. The van der Waals surface area contributed by atoms with Crippen LogP contribution in [0, 0.1) is 0 Å². The van der Waals surface area contributed by atoms with Gasteiger partial charge < -0.3 is 15.0 Å². The Bertz CT molecular complexity index is 301. The number of methoxy groups -OCH3 is 1. The van der Waals surface area contributed by atoms with Gasteiger partial charge in [-0.05, 0) is 19.3 Å². The van der Waals surface area contributed by atoms with Crippen molar-refractivity contribution < 1.29 is 14.3 Å². The van der Waals surface area contributed by atoms with Crippen LogP contribution in [0.3, 0.4) is 0 Å². The van der Waals surface area contributed by atoms with Crippen LogP contribution in [0.15, 0.2) is 0 Å². The van der Waals surface area contributed by atoms with E-state index in [0.29, 0.717) is 32.2 Å². The number of hydrogen-bond acceptors (Lipinski definition) is 3. The monoisotopic (exact) mass is 284 g/mol. The Kier molecular flexibility index (Phi) is 8.26. The Morgan fingerprint density at radius 2 is 1.90 bits per heavy atom. The first-order valence-corrected chi connectivity index (χ1v) is 7.67. The van der Waals surface area contributed by atoms with Crippen molar-refractivity contribution in [2.75, 3.05) is 26.8 Å². The van der Waals surface area contributed by atoms with Gasteiger partial charge in [0.05, 0.1) is 0 Å². The van der Waals surface area contributed by atoms with Gasteiger partial charge >= 0.3 is 0 Å². The summed E-state index contributed by atoms with van der Waals surface area (Å²) in [5, 5.41) is 3.08. The lowest BCUT2D eigenvalue weighted by atomic mass is 9.95. The van der Waals surface area contributed by atoms with Crippen LogP contribution in [0.5, 0.6) is 0 Å². The van der Waals surface area contributed by atoms with E-state index >= 15 is 0 Å². The van der Waals surface area contributed by atoms with E-state index < -0.39 is 0 Å². The zero-order valence-electron chi connectivity index (χ0n) is 12.8. The van der Waals surface area contributed by atoms with Crippen molar-refractivity contribution in [3.8, 4) is 0 Å². The molecule has 0 bridgehead atoms. The number of carbonyl (C=O) groups excluding carboxylic acids is 2. The molecule has 2 amide bonds. The standard InChI is InChI=1S/C15H28N2O3/c1-13(18)17(10-6-12-20-2)11-9-15(19)16-14-7-4-3-5-8-14/h14H,3-12H2,1-2H3,(H,16,19). The highest BCUT2D eigenvalue weighted by molar-refractivity contribution is 5.78. The quantitative estimate of drug-likeness (QED) is 0.690. The number of carbonyl (C=O) groups is 2. The smallest absolute Gasteiger partial charge is 0.221 e. The SMILES string of the molecule is COCCCN(CCC(=O)NC1CCCCC1)C(C)=O. The molecule has 5 heteroatoms. The molecule has 0 aromatic heterocycles. The Hall–Kier alpha value is -1.10. The van der Waals surface area contributed by atoms with Crippen LogP contribution < -0.4 is 5.32 Å². The fourth-order valence-corrected chi connectivity index (χ4v) is 2.61. The van der Waals surface area contributed by atoms with Gasteiger partial charge in [0.2, 0.25) is 11.8 Å². The van der Waals surface area contributed by atoms with Gasteiger partial charge in [0.15, 0.2) is 0 Å². The lowest BCUT2D eigenvalue weighted by molar-refractivity contribution is -0.130. The first-order valence-electron chi connectivity index (χ1n) is 7.67. The molecule has 0 unspecified atom stereocenters. The van der Waals surface area contributed by atoms with E-state index in [2.05, 4.69) is 5.32 Å². The molecular weight excluding hydrogens is 256 g/mol. The van der Waals surface area contributed by atoms with Crippen molar-refractivity contribution in [2.24, 2.45) is 0 Å². The van der Waals surface area contributed by atoms with Crippen molar-refractivity contribution in [3.05, 3.63) is 0 Å². The van der Waals surface area contributed by atoms with Gasteiger partial charge in [0, 0.05) is 46.2 Å². The summed E-state index contributed by atoms with van der Waals surface area (Å²) in [4.78, 5) is 25.1. The van der Waals surface area contributed by atoms with E-state index in [1.54, 1.807) is 18.9 Å². The average molecular weight is 284 g/mol. The summed E-state index contributed by atoms with van der Waals surface area (Å²) in [5.41, 5.74) is 0. The fraction of sp³-hybridized carbons (Fsp3) is 0.867. The fourth-order valence-electron chi connectivity index (χ4n) is 2.61. The van der Waals surface area contributed by atoms with Crippen LogP contribution >= 0.6 is 0 Å². The topological polar surface area (TPSA) is 58.6 Å². The van der Waals surface area contributed by atoms with Crippen molar-refractivity contribution >= 4 is 11.8 Å². The Balaban J connectivity index is 2.23. The lowest BCUT2D eigenvalue weighted by Crippen LogP contribution is -2.39. The molecule has 1 aliphatic rings. The molecule has 5 nitrogen and oxygen atoms in total. The number of amides is 2. The van der Waals surface area contributed by atoms with Gasteiger partial charge in [-0.15, -0.1) is 0 Å². The molecule has 0 aromatic rings. The van der Waals surface area contributed by atoms with Crippen LogP contribution in [-0.2, 0) is 14.3 Å². The highest BCUT2D eigenvalue weighted by Crippen LogP contribution is 2.17. The maximum absolute atomic E-state index is 11.9. The van der Waals surface area contributed by atoms with Crippen LogP contribution in [0.4, 0.5) is 0 Å². The van der Waals surface area contributed by atoms with Gasteiger partial charge in [0.25, 0.3) is 0 Å². The molecule has 1 rings (SSSR count). The van der Waals surface area contributed by atoms with Crippen LogP contribution in [0.2, 0.25) is 0 Å². The number of hydrogen-bond donors (Lipinski definition) is 1. The minimum atomic E-state index is 0.0200. The molecule has 20 heavy (non-hydrogen) atoms. The summed E-state index contributed by atoms with van der Waals surface area (Å²) in [6.45, 7) is 3.33. The third-order valence-electron chi connectivity index (χ3n) is 3.80. The summed E-state index contributed by atoms with van der Waals surface area (Å²) < 4.78 is 4.98. The molecular formula is C15H28N2O3. The average Bonchev–Trinajstić information content (AvgIpc) is 2.43.